The number of hydrogen-bond donors (Lipinski definition) is 1. The summed E-state index contributed by atoms with van der Waals surface area (Å²) in [7, 11) is 1.86. The Labute approximate surface area is 115 Å². The van der Waals surface area contributed by atoms with Crippen LogP contribution in [0.5, 0.6) is 0 Å². The highest BCUT2D eigenvalue weighted by Crippen LogP contribution is 2.46. The molecule has 0 aliphatic heterocycles. The van der Waals surface area contributed by atoms with Crippen LogP contribution in [0.4, 0.5) is 5.69 Å². The number of rotatable bonds is 3. The summed E-state index contributed by atoms with van der Waals surface area (Å²) >= 11 is 0. The molecule has 0 unspecified atom stereocenters. The van der Waals surface area contributed by atoms with Gasteiger partial charge in [0, 0.05) is 19.3 Å². The minimum Gasteiger partial charge on any atom is -0.329 e. The first-order valence-electron chi connectivity index (χ1n) is 6.95. The minimum absolute atomic E-state index is 0.167. The molecule has 104 valence electrons. The van der Waals surface area contributed by atoms with Gasteiger partial charge in [-0.15, -0.1) is 0 Å². The number of amides is 1. The van der Waals surface area contributed by atoms with Crippen molar-refractivity contribution in [3.63, 3.8) is 0 Å². The molecule has 1 aromatic carbocycles. The fourth-order valence-electron chi connectivity index (χ4n) is 3.35. The van der Waals surface area contributed by atoms with Crippen LogP contribution >= 0.6 is 0 Å². The van der Waals surface area contributed by atoms with Crippen LogP contribution in [0.15, 0.2) is 18.2 Å². The van der Waals surface area contributed by atoms with Crippen molar-refractivity contribution in [2.24, 2.45) is 17.1 Å². The van der Waals surface area contributed by atoms with Crippen LogP contribution in [0.1, 0.15) is 30.9 Å². The number of nitrogens with zero attached hydrogens (tertiary/aromatic N) is 1. The van der Waals surface area contributed by atoms with Crippen LogP contribution in [-0.4, -0.2) is 19.5 Å². The number of benzene rings is 1. The average Bonchev–Trinajstić information content (AvgIpc) is 2.33. The Kier molecular flexibility index (Phi) is 3.68. The van der Waals surface area contributed by atoms with Gasteiger partial charge in [0.05, 0.1) is 5.41 Å². The third-order valence-electron chi connectivity index (χ3n) is 4.34. The SMILES string of the molecule is Cc1ccc(N(C)C(=O)C2(CN)CC(C)C2)c(C)c1. The van der Waals surface area contributed by atoms with Crippen molar-refractivity contribution < 1.29 is 4.79 Å². The number of nitrogens with two attached hydrogens (primary N) is 1. The Morgan fingerprint density at radius 1 is 1.42 bits per heavy atom. The summed E-state index contributed by atoms with van der Waals surface area (Å²) in [4.78, 5) is 14.5. The Morgan fingerprint density at radius 2 is 2.05 bits per heavy atom. The summed E-state index contributed by atoms with van der Waals surface area (Å²) in [6.45, 7) is 6.74. The maximum atomic E-state index is 12.7. The molecule has 1 fully saturated rings. The van der Waals surface area contributed by atoms with Gasteiger partial charge in [-0.05, 0) is 44.2 Å². The number of anilines is 1. The highest BCUT2D eigenvalue weighted by atomic mass is 16.2. The third kappa shape index (κ3) is 2.39. The van der Waals surface area contributed by atoms with Crippen LogP contribution in [-0.2, 0) is 4.79 Å². The molecular weight excluding hydrogens is 236 g/mol. The fourth-order valence-corrected chi connectivity index (χ4v) is 3.35. The van der Waals surface area contributed by atoms with Crippen LogP contribution in [0, 0.1) is 25.2 Å². The zero-order chi connectivity index (χ0) is 14.2. The summed E-state index contributed by atoms with van der Waals surface area (Å²) < 4.78 is 0. The highest BCUT2D eigenvalue weighted by molar-refractivity contribution is 5.98. The molecule has 0 radical (unpaired) electrons. The Balaban J connectivity index is 2.24. The molecule has 0 atom stereocenters. The van der Waals surface area contributed by atoms with E-state index < -0.39 is 0 Å². The Hall–Kier alpha value is -1.35. The predicted molar refractivity (Wildman–Crippen MR) is 79.2 cm³/mol. The molecule has 0 aromatic heterocycles. The average molecular weight is 260 g/mol. The standard InChI is InChI=1S/C16H24N2O/c1-11-5-6-14(13(3)7-11)18(4)15(19)16(10-17)8-12(2)9-16/h5-7,12H,8-10,17H2,1-4H3. The molecule has 1 aromatic rings. The van der Waals surface area contributed by atoms with E-state index in [9.17, 15) is 4.79 Å². The van der Waals surface area contributed by atoms with Crippen molar-refractivity contribution in [2.45, 2.75) is 33.6 Å². The van der Waals surface area contributed by atoms with Crippen molar-refractivity contribution in [1.29, 1.82) is 0 Å². The summed E-state index contributed by atoms with van der Waals surface area (Å²) in [5, 5.41) is 0. The maximum absolute atomic E-state index is 12.7. The molecule has 1 amide bonds. The van der Waals surface area contributed by atoms with Crippen molar-refractivity contribution in [3.05, 3.63) is 29.3 Å². The minimum atomic E-state index is -0.328. The zero-order valence-electron chi connectivity index (χ0n) is 12.4. The molecule has 0 saturated heterocycles. The number of aryl methyl sites for hydroxylation is 2. The van der Waals surface area contributed by atoms with Gasteiger partial charge in [0.25, 0.3) is 0 Å². The monoisotopic (exact) mass is 260 g/mol. The first-order valence-corrected chi connectivity index (χ1v) is 6.95. The summed E-state index contributed by atoms with van der Waals surface area (Å²) in [6.07, 6.45) is 1.83. The van der Waals surface area contributed by atoms with Crippen molar-refractivity contribution in [2.75, 3.05) is 18.5 Å². The van der Waals surface area contributed by atoms with Gasteiger partial charge < -0.3 is 10.6 Å². The van der Waals surface area contributed by atoms with Gasteiger partial charge >= 0.3 is 0 Å². The second kappa shape index (κ2) is 4.97. The second-order valence-corrected chi connectivity index (χ2v) is 6.15. The van der Waals surface area contributed by atoms with Gasteiger partial charge in [-0.3, -0.25) is 4.79 Å². The molecule has 3 heteroatoms. The Morgan fingerprint density at radius 3 is 2.53 bits per heavy atom. The first kappa shape index (κ1) is 14.1. The summed E-state index contributed by atoms with van der Waals surface area (Å²) in [5.41, 5.74) is 8.87. The van der Waals surface area contributed by atoms with Gasteiger partial charge in [-0.2, -0.15) is 0 Å². The molecule has 3 nitrogen and oxygen atoms in total. The topological polar surface area (TPSA) is 46.3 Å². The molecule has 19 heavy (non-hydrogen) atoms. The molecule has 1 aliphatic carbocycles. The van der Waals surface area contributed by atoms with Crippen LogP contribution in [0.2, 0.25) is 0 Å². The number of carbonyl (C=O) groups is 1. The molecule has 0 spiro atoms. The number of carbonyl (C=O) groups excluding carboxylic acids is 1. The third-order valence-corrected chi connectivity index (χ3v) is 4.34. The second-order valence-electron chi connectivity index (χ2n) is 6.15. The molecule has 0 bridgehead atoms. The van der Waals surface area contributed by atoms with Crippen LogP contribution in [0.25, 0.3) is 0 Å². The normalized spacial score (nSPS) is 25.8. The quantitative estimate of drug-likeness (QED) is 0.908. The summed E-state index contributed by atoms with van der Waals surface area (Å²) in [6, 6.07) is 6.18. The lowest BCUT2D eigenvalue weighted by Crippen LogP contribution is -2.54. The lowest BCUT2D eigenvalue weighted by Gasteiger charge is -2.46. The van der Waals surface area contributed by atoms with Gasteiger partial charge in [0.2, 0.25) is 5.91 Å². The highest BCUT2D eigenvalue weighted by Gasteiger charge is 2.48. The van der Waals surface area contributed by atoms with E-state index in [1.165, 1.54) is 5.56 Å². The fraction of sp³-hybridized carbons (Fsp3) is 0.562. The van der Waals surface area contributed by atoms with E-state index >= 15 is 0 Å². The zero-order valence-corrected chi connectivity index (χ0v) is 12.4. The van der Waals surface area contributed by atoms with Gasteiger partial charge in [-0.1, -0.05) is 24.6 Å². The van der Waals surface area contributed by atoms with E-state index in [1.807, 2.05) is 26.1 Å². The molecule has 2 rings (SSSR count). The summed E-state index contributed by atoms with van der Waals surface area (Å²) in [5.74, 6) is 0.778. The largest absolute Gasteiger partial charge is 0.329 e. The number of hydrogen-bond acceptors (Lipinski definition) is 2. The van der Waals surface area contributed by atoms with Crippen molar-refractivity contribution in [1.82, 2.24) is 0 Å². The van der Waals surface area contributed by atoms with E-state index in [1.54, 1.807) is 4.90 Å². The molecule has 0 heterocycles. The van der Waals surface area contributed by atoms with Gasteiger partial charge in [-0.25, -0.2) is 0 Å². The lowest BCUT2D eigenvalue weighted by atomic mass is 9.62. The maximum Gasteiger partial charge on any atom is 0.234 e. The Bertz CT molecular complexity index is 490. The molecule has 1 aliphatic rings. The molecule has 1 saturated carbocycles. The van der Waals surface area contributed by atoms with E-state index in [-0.39, 0.29) is 11.3 Å². The first-order chi connectivity index (χ1) is 8.89. The lowest BCUT2D eigenvalue weighted by molar-refractivity contribution is -0.134. The molecular formula is C16H24N2O. The van der Waals surface area contributed by atoms with Gasteiger partial charge in [0.1, 0.15) is 0 Å². The van der Waals surface area contributed by atoms with E-state index in [2.05, 4.69) is 19.9 Å². The predicted octanol–water partition coefficient (Wildman–Crippen LogP) is 2.64. The van der Waals surface area contributed by atoms with E-state index in [4.69, 9.17) is 5.73 Å². The van der Waals surface area contributed by atoms with Crippen LogP contribution in [0.3, 0.4) is 0 Å². The molecule has 2 N–H and O–H groups in total. The van der Waals surface area contributed by atoms with E-state index in [0.29, 0.717) is 12.5 Å². The van der Waals surface area contributed by atoms with E-state index in [0.717, 1.165) is 24.1 Å². The van der Waals surface area contributed by atoms with Crippen LogP contribution < -0.4 is 10.6 Å². The van der Waals surface area contributed by atoms with Gasteiger partial charge in [0.15, 0.2) is 0 Å². The van der Waals surface area contributed by atoms with Crippen molar-refractivity contribution in [3.8, 4) is 0 Å². The smallest absolute Gasteiger partial charge is 0.234 e. The van der Waals surface area contributed by atoms with Crippen molar-refractivity contribution >= 4 is 11.6 Å².